The van der Waals surface area contributed by atoms with Gasteiger partial charge in [-0.25, -0.2) is 9.78 Å². The van der Waals surface area contributed by atoms with Crippen LogP contribution in [0.1, 0.15) is 23.9 Å². The third-order valence-electron chi connectivity index (χ3n) is 4.30. The van der Waals surface area contributed by atoms with E-state index in [4.69, 9.17) is 4.98 Å². The Labute approximate surface area is 138 Å². The second-order valence-corrected chi connectivity index (χ2v) is 6.77. The molecule has 1 fully saturated rings. The number of hydrogen-bond donors (Lipinski definition) is 1. The average Bonchev–Trinajstić information content (AvgIpc) is 3.21. The summed E-state index contributed by atoms with van der Waals surface area (Å²) in [6, 6.07) is 16.3. The molecule has 0 bridgehead atoms. The van der Waals surface area contributed by atoms with Gasteiger partial charge in [0.05, 0.1) is 16.3 Å². The van der Waals surface area contributed by atoms with Crippen molar-refractivity contribution in [2.24, 2.45) is 0 Å². The van der Waals surface area contributed by atoms with Crippen LogP contribution in [0.2, 0.25) is 0 Å². The number of benzene rings is 2. The van der Waals surface area contributed by atoms with Gasteiger partial charge in [-0.1, -0.05) is 42.5 Å². The molecule has 1 N–H and O–H groups in total. The van der Waals surface area contributed by atoms with Crippen molar-refractivity contribution in [2.45, 2.75) is 18.9 Å². The summed E-state index contributed by atoms with van der Waals surface area (Å²) in [5.74, 6) is 0. The van der Waals surface area contributed by atoms with E-state index in [1.807, 2.05) is 24.3 Å². The molecule has 0 unspecified atom stereocenters. The van der Waals surface area contributed by atoms with E-state index >= 15 is 0 Å². The van der Waals surface area contributed by atoms with Crippen LogP contribution < -0.4 is 0 Å². The quantitative estimate of drug-likeness (QED) is 0.738. The van der Waals surface area contributed by atoms with Crippen molar-refractivity contribution in [3.63, 3.8) is 0 Å². The van der Waals surface area contributed by atoms with Crippen molar-refractivity contribution in [1.29, 1.82) is 0 Å². The predicted molar refractivity (Wildman–Crippen MR) is 91.8 cm³/mol. The molecule has 1 amide bonds. The number of para-hydroxylation sites is 1. The van der Waals surface area contributed by atoms with Crippen LogP contribution in [0.15, 0.2) is 48.5 Å². The number of amides is 1. The number of likely N-dealkylation sites (tertiary alicyclic amines) is 1. The highest BCUT2D eigenvalue weighted by Crippen LogP contribution is 2.39. The monoisotopic (exact) mass is 324 g/mol. The van der Waals surface area contributed by atoms with E-state index in [0.29, 0.717) is 6.54 Å². The molecule has 1 aliphatic heterocycles. The summed E-state index contributed by atoms with van der Waals surface area (Å²) in [6.45, 7) is 0.599. The fourth-order valence-electron chi connectivity index (χ4n) is 3.21. The summed E-state index contributed by atoms with van der Waals surface area (Å²) in [4.78, 5) is 17.7. The van der Waals surface area contributed by atoms with Gasteiger partial charge < -0.3 is 5.11 Å². The topological polar surface area (TPSA) is 53.4 Å². The van der Waals surface area contributed by atoms with Gasteiger partial charge in [0.15, 0.2) is 0 Å². The molecule has 2 aromatic carbocycles. The van der Waals surface area contributed by atoms with Crippen LogP contribution in [0, 0.1) is 0 Å². The van der Waals surface area contributed by atoms with Gasteiger partial charge in [-0.2, -0.15) is 0 Å². The van der Waals surface area contributed by atoms with Gasteiger partial charge in [-0.05, 0) is 24.5 Å². The molecule has 3 aromatic rings. The second-order valence-electron chi connectivity index (χ2n) is 5.70. The molecule has 0 saturated carbocycles. The summed E-state index contributed by atoms with van der Waals surface area (Å²) in [6.07, 6.45) is 0.903. The maximum atomic E-state index is 11.4. The summed E-state index contributed by atoms with van der Waals surface area (Å²) < 4.78 is 1.11. The minimum Gasteiger partial charge on any atom is -0.465 e. The summed E-state index contributed by atoms with van der Waals surface area (Å²) in [5, 5.41) is 10.3. The fraction of sp³-hybridized carbons (Fsp3) is 0.222. The van der Waals surface area contributed by atoms with E-state index in [0.717, 1.165) is 39.2 Å². The molecule has 23 heavy (non-hydrogen) atoms. The second kappa shape index (κ2) is 5.66. The lowest BCUT2D eigenvalue weighted by Crippen LogP contribution is -2.28. The largest absolute Gasteiger partial charge is 0.465 e. The maximum absolute atomic E-state index is 11.4. The molecule has 4 rings (SSSR count). The van der Waals surface area contributed by atoms with Gasteiger partial charge in [0.25, 0.3) is 0 Å². The van der Waals surface area contributed by atoms with Gasteiger partial charge in [-0.3, -0.25) is 4.90 Å². The highest BCUT2D eigenvalue weighted by molar-refractivity contribution is 7.18. The van der Waals surface area contributed by atoms with Gasteiger partial charge >= 0.3 is 6.09 Å². The molecule has 0 radical (unpaired) electrons. The third kappa shape index (κ3) is 2.47. The van der Waals surface area contributed by atoms with E-state index in [2.05, 4.69) is 24.3 Å². The van der Waals surface area contributed by atoms with Gasteiger partial charge in [-0.15, -0.1) is 11.3 Å². The molecule has 0 spiro atoms. The minimum atomic E-state index is -0.852. The normalized spacial score (nSPS) is 17.7. The lowest BCUT2D eigenvalue weighted by atomic mass is 10.0. The highest BCUT2D eigenvalue weighted by Gasteiger charge is 2.32. The van der Waals surface area contributed by atoms with E-state index in [1.54, 1.807) is 11.3 Å². The third-order valence-corrected chi connectivity index (χ3v) is 5.43. The number of fused-ring (bicyclic) bond motifs is 1. The summed E-state index contributed by atoms with van der Waals surface area (Å²) in [5.41, 5.74) is 3.21. The Morgan fingerprint density at radius 3 is 2.78 bits per heavy atom. The molecular formula is C18H16N2O2S. The van der Waals surface area contributed by atoms with Crippen LogP contribution in [0.3, 0.4) is 0 Å². The van der Waals surface area contributed by atoms with E-state index in [9.17, 15) is 9.90 Å². The maximum Gasteiger partial charge on any atom is 0.407 e. The molecule has 1 saturated heterocycles. The van der Waals surface area contributed by atoms with E-state index in [-0.39, 0.29) is 6.04 Å². The lowest BCUT2D eigenvalue weighted by Gasteiger charge is -2.18. The standard InChI is InChI=1S/C18H16N2O2S/c21-18(22)20-11-5-9-14(20)17-19-16-13(8-4-10-15(16)23-17)12-6-2-1-3-7-12/h1-4,6-8,10,14H,5,9,11H2,(H,21,22)/t14-/m0/s1. The molecule has 0 aliphatic carbocycles. The smallest absolute Gasteiger partial charge is 0.407 e. The first-order chi connectivity index (χ1) is 11.2. The van der Waals surface area contributed by atoms with Crippen molar-refractivity contribution in [2.75, 3.05) is 6.54 Å². The Hall–Kier alpha value is -2.40. The van der Waals surface area contributed by atoms with Crippen molar-refractivity contribution in [3.05, 3.63) is 53.5 Å². The zero-order chi connectivity index (χ0) is 15.8. The highest BCUT2D eigenvalue weighted by atomic mass is 32.1. The SMILES string of the molecule is O=C(O)N1CCC[C@H]1c1nc2c(-c3ccccc3)cccc2s1. The first-order valence-electron chi connectivity index (χ1n) is 7.68. The molecule has 1 aromatic heterocycles. The minimum absolute atomic E-state index is 0.103. The van der Waals surface area contributed by atoms with Crippen molar-refractivity contribution in [3.8, 4) is 11.1 Å². The number of carboxylic acid groups (broad SMARTS) is 1. The Bertz CT molecular complexity index is 860. The van der Waals surface area contributed by atoms with Crippen LogP contribution in [-0.4, -0.2) is 27.6 Å². The van der Waals surface area contributed by atoms with Crippen LogP contribution in [0.5, 0.6) is 0 Å². The van der Waals surface area contributed by atoms with Crippen LogP contribution in [0.4, 0.5) is 4.79 Å². The Morgan fingerprint density at radius 2 is 2.00 bits per heavy atom. The summed E-state index contributed by atoms with van der Waals surface area (Å²) >= 11 is 1.61. The zero-order valence-corrected chi connectivity index (χ0v) is 13.3. The number of rotatable bonds is 2. The molecule has 1 aliphatic rings. The predicted octanol–water partition coefficient (Wildman–Crippen LogP) is 4.78. The van der Waals surface area contributed by atoms with Crippen LogP contribution in [0.25, 0.3) is 21.3 Å². The summed E-state index contributed by atoms with van der Waals surface area (Å²) in [7, 11) is 0. The lowest BCUT2D eigenvalue weighted by molar-refractivity contribution is 0.140. The molecular weight excluding hydrogens is 308 g/mol. The van der Waals surface area contributed by atoms with Gasteiger partial charge in [0, 0.05) is 12.1 Å². The van der Waals surface area contributed by atoms with Crippen molar-refractivity contribution < 1.29 is 9.90 Å². The molecule has 116 valence electrons. The van der Waals surface area contributed by atoms with Gasteiger partial charge in [0.2, 0.25) is 0 Å². The number of thiazole rings is 1. The molecule has 2 heterocycles. The first kappa shape index (κ1) is 14.2. The van der Waals surface area contributed by atoms with Crippen LogP contribution >= 0.6 is 11.3 Å². The Kier molecular flexibility index (Phi) is 3.50. The van der Waals surface area contributed by atoms with Crippen LogP contribution in [-0.2, 0) is 0 Å². The van der Waals surface area contributed by atoms with E-state index < -0.39 is 6.09 Å². The Balaban J connectivity index is 1.81. The van der Waals surface area contributed by atoms with E-state index in [1.165, 1.54) is 4.90 Å². The van der Waals surface area contributed by atoms with Crippen molar-refractivity contribution in [1.82, 2.24) is 9.88 Å². The molecule has 5 heteroatoms. The molecule has 4 nitrogen and oxygen atoms in total. The molecule has 1 atom stereocenters. The number of aromatic nitrogens is 1. The number of nitrogens with zero attached hydrogens (tertiary/aromatic N) is 2. The number of carbonyl (C=O) groups is 1. The zero-order valence-electron chi connectivity index (χ0n) is 12.5. The fourth-order valence-corrected chi connectivity index (χ4v) is 4.35. The Morgan fingerprint density at radius 1 is 1.17 bits per heavy atom. The van der Waals surface area contributed by atoms with Crippen molar-refractivity contribution >= 4 is 27.6 Å². The number of hydrogen-bond acceptors (Lipinski definition) is 3. The average molecular weight is 324 g/mol. The van der Waals surface area contributed by atoms with Gasteiger partial charge in [0.1, 0.15) is 5.01 Å². The first-order valence-corrected chi connectivity index (χ1v) is 8.50.